The zero-order valence-electron chi connectivity index (χ0n) is 9.52. The zero-order valence-corrected chi connectivity index (χ0v) is 9.52. The first-order valence-electron chi connectivity index (χ1n) is 5.66. The molecule has 86 valence electrons. The van der Waals surface area contributed by atoms with Gasteiger partial charge < -0.3 is 0 Å². The van der Waals surface area contributed by atoms with E-state index in [0.29, 0.717) is 6.04 Å². The highest BCUT2D eigenvalue weighted by Crippen LogP contribution is 2.07. The lowest BCUT2D eigenvalue weighted by atomic mass is 10.0. The summed E-state index contributed by atoms with van der Waals surface area (Å²) in [6, 6.07) is 6.30. The lowest BCUT2D eigenvalue weighted by Crippen LogP contribution is -2.35. The topological polar surface area (TPSA) is 50.9 Å². The van der Waals surface area contributed by atoms with E-state index in [1.165, 1.54) is 0 Å². The molecule has 0 saturated heterocycles. The van der Waals surface area contributed by atoms with Gasteiger partial charge in [-0.05, 0) is 37.8 Å². The fraction of sp³-hybridized carbons (Fsp3) is 0.462. The molecule has 1 aromatic heterocycles. The summed E-state index contributed by atoms with van der Waals surface area (Å²) in [5, 5.41) is 0. The molecule has 16 heavy (non-hydrogen) atoms. The van der Waals surface area contributed by atoms with Crippen LogP contribution in [0.3, 0.4) is 0 Å². The maximum Gasteiger partial charge on any atom is 0.0404 e. The fourth-order valence-electron chi connectivity index (χ4n) is 1.63. The van der Waals surface area contributed by atoms with Crippen LogP contribution < -0.4 is 11.3 Å². The van der Waals surface area contributed by atoms with E-state index in [4.69, 9.17) is 12.3 Å². The van der Waals surface area contributed by atoms with Gasteiger partial charge in [0.2, 0.25) is 0 Å². The molecule has 1 heterocycles. The molecule has 0 spiro atoms. The molecule has 0 amide bonds. The molecule has 0 saturated carbocycles. The number of pyridine rings is 1. The van der Waals surface area contributed by atoms with Crippen molar-refractivity contribution in [2.75, 3.05) is 0 Å². The van der Waals surface area contributed by atoms with Crippen molar-refractivity contribution < 1.29 is 0 Å². The molecule has 0 aliphatic rings. The first-order valence-corrected chi connectivity index (χ1v) is 5.66. The number of nitrogens with one attached hydrogen (secondary N) is 1. The lowest BCUT2D eigenvalue weighted by molar-refractivity contribution is 0.452. The monoisotopic (exact) mass is 217 g/mol. The van der Waals surface area contributed by atoms with Crippen molar-refractivity contribution in [3.63, 3.8) is 0 Å². The van der Waals surface area contributed by atoms with Crippen molar-refractivity contribution in [3.05, 3.63) is 30.1 Å². The van der Waals surface area contributed by atoms with E-state index in [2.05, 4.69) is 16.3 Å². The molecule has 1 unspecified atom stereocenters. The van der Waals surface area contributed by atoms with Gasteiger partial charge in [-0.3, -0.25) is 16.3 Å². The van der Waals surface area contributed by atoms with Crippen LogP contribution >= 0.6 is 0 Å². The van der Waals surface area contributed by atoms with E-state index in [1.807, 2.05) is 24.4 Å². The molecular formula is C13H19N3. The van der Waals surface area contributed by atoms with Crippen LogP contribution in [0.4, 0.5) is 0 Å². The van der Waals surface area contributed by atoms with Crippen molar-refractivity contribution in [3.8, 4) is 12.3 Å². The van der Waals surface area contributed by atoms with Crippen molar-refractivity contribution in [2.24, 2.45) is 5.84 Å². The van der Waals surface area contributed by atoms with Crippen LogP contribution in [0.5, 0.6) is 0 Å². The SMILES string of the molecule is C#CCCCC(CCc1ccccn1)NN. The average molecular weight is 217 g/mol. The molecule has 3 nitrogen and oxygen atoms in total. The predicted molar refractivity (Wildman–Crippen MR) is 66.4 cm³/mol. The number of nitrogens with two attached hydrogens (primary N) is 1. The molecule has 0 aromatic carbocycles. The van der Waals surface area contributed by atoms with Gasteiger partial charge in [0.05, 0.1) is 0 Å². The summed E-state index contributed by atoms with van der Waals surface area (Å²) in [6.45, 7) is 0. The summed E-state index contributed by atoms with van der Waals surface area (Å²) in [5.74, 6) is 8.14. The third-order valence-electron chi connectivity index (χ3n) is 2.58. The predicted octanol–water partition coefficient (Wildman–Crippen LogP) is 1.65. The minimum absolute atomic E-state index is 0.329. The second-order valence-corrected chi connectivity index (χ2v) is 3.82. The van der Waals surface area contributed by atoms with E-state index < -0.39 is 0 Å². The summed E-state index contributed by atoms with van der Waals surface area (Å²) in [6.07, 6.45) is 11.8. The number of hydrogen-bond donors (Lipinski definition) is 2. The van der Waals surface area contributed by atoms with Gasteiger partial charge in [0.25, 0.3) is 0 Å². The zero-order chi connectivity index (χ0) is 11.6. The lowest BCUT2D eigenvalue weighted by Gasteiger charge is -2.14. The summed E-state index contributed by atoms with van der Waals surface area (Å²) < 4.78 is 0. The number of hydrogen-bond acceptors (Lipinski definition) is 3. The van der Waals surface area contributed by atoms with Gasteiger partial charge in [-0.25, -0.2) is 0 Å². The molecule has 0 aliphatic heterocycles. The number of rotatable bonds is 7. The number of aryl methyl sites for hydroxylation is 1. The van der Waals surface area contributed by atoms with Crippen molar-refractivity contribution in [2.45, 2.75) is 38.1 Å². The van der Waals surface area contributed by atoms with E-state index in [-0.39, 0.29) is 0 Å². The van der Waals surface area contributed by atoms with E-state index in [0.717, 1.165) is 37.8 Å². The highest BCUT2D eigenvalue weighted by atomic mass is 15.2. The largest absolute Gasteiger partial charge is 0.271 e. The number of aromatic nitrogens is 1. The highest BCUT2D eigenvalue weighted by Gasteiger charge is 2.06. The van der Waals surface area contributed by atoms with E-state index in [1.54, 1.807) is 0 Å². The number of hydrazine groups is 1. The summed E-state index contributed by atoms with van der Waals surface area (Å²) in [7, 11) is 0. The minimum Gasteiger partial charge on any atom is -0.271 e. The van der Waals surface area contributed by atoms with E-state index >= 15 is 0 Å². The fourth-order valence-corrected chi connectivity index (χ4v) is 1.63. The van der Waals surface area contributed by atoms with Gasteiger partial charge in [-0.1, -0.05) is 6.07 Å². The van der Waals surface area contributed by atoms with Gasteiger partial charge in [0.1, 0.15) is 0 Å². The number of unbranched alkanes of at least 4 members (excludes halogenated alkanes) is 1. The maximum atomic E-state index is 5.50. The quantitative estimate of drug-likeness (QED) is 0.316. The van der Waals surface area contributed by atoms with Crippen molar-refractivity contribution >= 4 is 0 Å². The van der Waals surface area contributed by atoms with Crippen LogP contribution in [0.1, 0.15) is 31.4 Å². The first-order chi connectivity index (χ1) is 7.86. The van der Waals surface area contributed by atoms with Gasteiger partial charge >= 0.3 is 0 Å². The Morgan fingerprint density at radius 3 is 2.94 bits per heavy atom. The van der Waals surface area contributed by atoms with E-state index in [9.17, 15) is 0 Å². The van der Waals surface area contributed by atoms with Crippen LogP contribution in [0.15, 0.2) is 24.4 Å². The Morgan fingerprint density at radius 2 is 2.31 bits per heavy atom. The third-order valence-corrected chi connectivity index (χ3v) is 2.58. The van der Waals surface area contributed by atoms with Crippen LogP contribution in [0, 0.1) is 12.3 Å². The average Bonchev–Trinajstić information content (AvgIpc) is 2.35. The Morgan fingerprint density at radius 1 is 1.44 bits per heavy atom. The van der Waals surface area contributed by atoms with Crippen molar-refractivity contribution in [1.29, 1.82) is 0 Å². The Kier molecular flexibility index (Phi) is 6.24. The van der Waals surface area contributed by atoms with Crippen molar-refractivity contribution in [1.82, 2.24) is 10.4 Å². The molecule has 0 aliphatic carbocycles. The van der Waals surface area contributed by atoms with Gasteiger partial charge in [0.15, 0.2) is 0 Å². The standard InChI is InChI=1S/C13H19N3/c1-2-3-4-8-13(16-14)10-9-12-7-5-6-11-15-12/h1,5-7,11,13,16H,3-4,8-10,14H2. The highest BCUT2D eigenvalue weighted by molar-refractivity contribution is 5.03. The van der Waals surface area contributed by atoms with Crippen LogP contribution in [0.25, 0.3) is 0 Å². The van der Waals surface area contributed by atoms with Crippen LogP contribution in [-0.2, 0) is 6.42 Å². The molecule has 1 rings (SSSR count). The first kappa shape index (κ1) is 12.7. The van der Waals surface area contributed by atoms with Crippen LogP contribution in [0.2, 0.25) is 0 Å². The molecule has 3 N–H and O–H groups in total. The Labute approximate surface area is 97.4 Å². The number of nitrogens with zero attached hydrogens (tertiary/aromatic N) is 1. The molecule has 0 radical (unpaired) electrons. The molecule has 1 atom stereocenters. The molecule has 0 bridgehead atoms. The second kappa shape index (κ2) is 7.86. The number of terminal acetylenes is 1. The summed E-state index contributed by atoms with van der Waals surface area (Å²) in [5.41, 5.74) is 3.95. The Hall–Kier alpha value is -1.37. The smallest absolute Gasteiger partial charge is 0.0404 e. The maximum absolute atomic E-state index is 5.50. The molecule has 3 heteroatoms. The van der Waals surface area contributed by atoms with Gasteiger partial charge in [0, 0.05) is 24.4 Å². The minimum atomic E-state index is 0.329. The summed E-state index contributed by atoms with van der Waals surface area (Å²) in [4.78, 5) is 4.28. The molecular weight excluding hydrogens is 198 g/mol. The van der Waals surface area contributed by atoms with Gasteiger partial charge in [-0.15, -0.1) is 12.3 Å². The molecule has 0 fully saturated rings. The van der Waals surface area contributed by atoms with Gasteiger partial charge in [-0.2, -0.15) is 0 Å². The Bertz CT molecular complexity index is 316. The molecule has 1 aromatic rings. The van der Waals surface area contributed by atoms with Crippen LogP contribution in [-0.4, -0.2) is 11.0 Å². The third kappa shape index (κ3) is 4.92. The Balaban J connectivity index is 2.26. The normalized spacial score (nSPS) is 12.0. The second-order valence-electron chi connectivity index (χ2n) is 3.82. The summed E-state index contributed by atoms with van der Waals surface area (Å²) >= 11 is 0.